The standard InChI is InChI=1S/C20H33N/c1-19-11-13-20(14-12-19)15-18-21-16-9-7-5-3-2-4-6-8-10-17-21/h11-14H,2-10,15-18H2,1H3. The van der Waals surface area contributed by atoms with Crippen molar-refractivity contribution in [1.29, 1.82) is 0 Å². The van der Waals surface area contributed by atoms with Crippen molar-refractivity contribution in [2.24, 2.45) is 0 Å². The Morgan fingerprint density at radius 2 is 1.19 bits per heavy atom. The normalized spacial score (nSPS) is 19.7. The Morgan fingerprint density at radius 1 is 0.714 bits per heavy atom. The van der Waals surface area contributed by atoms with Crippen molar-refractivity contribution in [3.8, 4) is 0 Å². The summed E-state index contributed by atoms with van der Waals surface area (Å²) in [5, 5.41) is 0. The van der Waals surface area contributed by atoms with E-state index >= 15 is 0 Å². The van der Waals surface area contributed by atoms with Crippen LogP contribution in [0.1, 0.15) is 68.9 Å². The van der Waals surface area contributed by atoms with Gasteiger partial charge in [0.25, 0.3) is 0 Å². The largest absolute Gasteiger partial charge is 0.303 e. The minimum Gasteiger partial charge on any atom is -0.303 e. The zero-order valence-corrected chi connectivity index (χ0v) is 13.9. The molecule has 0 bridgehead atoms. The Labute approximate surface area is 131 Å². The monoisotopic (exact) mass is 287 g/mol. The van der Waals surface area contributed by atoms with Gasteiger partial charge in [-0.1, -0.05) is 74.8 Å². The average molecular weight is 287 g/mol. The number of nitrogens with zero attached hydrogens (tertiary/aromatic N) is 1. The second kappa shape index (κ2) is 10.00. The van der Waals surface area contributed by atoms with Crippen LogP contribution in [0.15, 0.2) is 24.3 Å². The topological polar surface area (TPSA) is 3.24 Å². The number of aryl methyl sites for hydroxylation is 1. The molecular weight excluding hydrogens is 254 g/mol. The molecular formula is C20H33N. The van der Waals surface area contributed by atoms with Crippen LogP contribution in [0, 0.1) is 6.92 Å². The third-order valence-electron chi connectivity index (χ3n) is 4.79. The maximum Gasteiger partial charge on any atom is 0.00218 e. The molecule has 1 heterocycles. The van der Waals surface area contributed by atoms with Gasteiger partial charge in [-0.05, 0) is 44.8 Å². The highest BCUT2D eigenvalue weighted by atomic mass is 15.1. The van der Waals surface area contributed by atoms with E-state index in [1.807, 2.05) is 0 Å². The van der Waals surface area contributed by atoms with E-state index < -0.39 is 0 Å². The van der Waals surface area contributed by atoms with Crippen LogP contribution in [0.4, 0.5) is 0 Å². The fourth-order valence-corrected chi connectivity index (χ4v) is 3.29. The Hall–Kier alpha value is -0.820. The summed E-state index contributed by atoms with van der Waals surface area (Å²) in [6.07, 6.45) is 14.2. The predicted octanol–water partition coefficient (Wildman–Crippen LogP) is 5.36. The maximum absolute atomic E-state index is 2.71. The first-order valence-corrected chi connectivity index (χ1v) is 9.12. The molecule has 21 heavy (non-hydrogen) atoms. The third kappa shape index (κ3) is 7.13. The van der Waals surface area contributed by atoms with Crippen LogP contribution in [0.3, 0.4) is 0 Å². The van der Waals surface area contributed by atoms with E-state index in [0.29, 0.717) is 0 Å². The molecule has 0 amide bonds. The zero-order chi connectivity index (χ0) is 14.8. The molecule has 118 valence electrons. The van der Waals surface area contributed by atoms with Crippen LogP contribution >= 0.6 is 0 Å². The van der Waals surface area contributed by atoms with E-state index in [1.54, 1.807) is 0 Å². The molecule has 0 aliphatic carbocycles. The second-order valence-electron chi connectivity index (χ2n) is 6.76. The summed E-state index contributed by atoms with van der Waals surface area (Å²) in [7, 11) is 0. The van der Waals surface area contributed by atoms with Gasteiger partial charge >= 0.3 is 0 Å². The molecule has 1 saturated heterocycles. The van der Waals surface area contributed by atoms with Crippen molar-refractivity contribution in [3.63, 3.8) is 0 Å². The minimum absolute atomic E-state index is 1.21. The fraction of sp³-hybridized carbons (Fsp3) is 0.700. The van der Waals surface area contributed by atoms with E-state index in [-0.39, 0.29) is 0 Å². The fourth-order valence-electron chi connectivity index (χ4n) is 3.29. The number of hydrogen-bond acceptors (Lipinski definition) is 1. The molecule has 0 radical (unpaired) electrons. The Balaban J connectivity index is 1.75. The highest BCUT2D eigenvalue weighted by molar-refractivity contribution is 5.21. The van der Waals surface area contributed by atoms with Gasteiger partial charge in [-0.25, -0.2) is 0 Å². The molecule has 0 aromatic heterocycles. The van der Waals surface area contributed by atoms with Crippen LogP contribution in [-0.2, 0) is 6.42 Å². The molecule has 0 spiro atoms. The Bertz CT molecular complexity index is 356. The summed E-state index contributed by atoms with van der Waals surface area (Å²) in [6, 6.07) is 9.08. The van der Waals surface area contributed by atoms with Crippen molar-refractivity contribution in [3.05, 3.63) is 35.4 Å². The van der Waals surface area contributed by atoms with E-state index in [1.165, 1.54) is 95.0 Å². The van der Waals surface area contributed by atoms with Crippen LogP contribution in [0.25, 0.3) is 0 Å². The lowest BCUT2D eigenvalue weighted by atomic mass is 10.0. The Morgan fingerprint density at radius 3 is 1.71 bits per heavy atom. The van der Waals surface area contributed by atoms with Crippen molar-refractivity contribution < 1.29 is 0 Å². The van der Waals surface area contributed by atoms with Crippen LogP contribution in [0.2, 0.25) is 0 Å². The molecule has 0 saturated carbocycles. The first-order chi connectivity index (χ1) is 10.3. The lowest BCUT2D eigenvalue weighted by Crippen LogP contribution is -2.28. The molecule has 1 fully saturated rings. The van der Waals surface area contributed by atoms with Gasteiger partial charge in [0.15, 0.2) is 0 Å². The molecule has 1 aliphatic heterocycles. The van der Waals surface area contributed by atoms with Gasteiger partial charge in [-0.2, -0.15) is 0 Å². The highest BCUT2D eigenvalue weighted by Crippen LogP contribution is 2.13. The zero-order valence-electron chi connectivity index (χ0n) is 13.9. The van der Waals surface area contributed by atoms with E-state index in [2.05, 4.69) is 36.1 Å². The van der Waals surface area contributed by atoms with Crippen LogP contribution in [0.5, 0.6) is 0 Å². The molecule has 0 N–H and O–H groups in total. The van der Waals surface area contributed by atoms with Gasteiger partial charge < -0.3 is 4.90 Å². The van der Waals surface area contributed by atoms with Crippen LogP contribution < -0.4 is 0 Å². The minimum atomic E-state index is 1.21. The summed E-state index contributed by atoms with van der Waals surface area (Å²) in [6.45, 7) is 6.03. The first kappa shape index (κ1) is 16.5. The molecule has 2 rings (SSSR count). The van der Waals surface area contributed by atoms with Gasteiger partial charge in [0, 0.05) is 6.54 Å². The lowest BCUT2D eigenvalue weighted by molar-refractivity contribution is 0.261. The molecule has 1 nitrogen and oxygen atoms in total. The van der Waals surface area contributed by atoms with Crippen molar-refractivity contribution in [2.75, 3.05) is 19.6 Å². The molecule has 0 unspecified atom stereocenters. The molecule has 1 aromatic rings. The summed E-state index contributed by atoms with van der Waals surface area (Å²) >= 11 is 0. The second-order valence-corrected chi connectivity index (χ2v) is 6.76. The molecule has 1 heteroatoms. The van der Waals surface area contributed by atoms with E-state index in [0.717, 1.165) is 0 Å². The molecule has 1 aliphatic rings. The average Bonchev–Trinajstić information content (AvgIpc) is 2.48. The van der Waals surface area contributed by atoms with Gasteiger partial charge in [0.1, 0.15) is 0 Å². The van der Waals surface area contributed by atoms with Gasteiger partial charge in [0.2, 0.25) is 0 Å². The Kier molecular flexibility index (Phi) is 7.88. The van der Waals surface area contributed by atoms with Gasteiger partial charge in [-0.15, -0.1) is 0 Å². The van der Waals surface area contributed by atoms with Gasteiger partial charge in [-0.3, -0.25) is 0 Å². The van der Waals surface area contributed by atoms with Crippen molar-refractivity contribution in [2.45, 2.75) is 71.1 Å². The van der Waals surface area contributed by atoms with Crippen molar-refractivity contribution in [1.82, 2.24) is 4.90 Å². The maximum atomic E-state index is 2.71. The SMILES string of the molecule is Cc1ccc(CCN2CCCCCCCCCCC2)cc1. The predicted molar refractivity (Wildman–Crippen MR) is 92.9 cm³/mol. The lowest BCUT2D eigenvalue weighted by Gasteiger charge is -2.23. The summed E-state index contributed by atoms with van der Waals surface area (Å²) in [5.41, 5.74) is 2.86. The third-order valence-corrected chi connectivity index (χ3v) is 4.79. The van der Waals surface area contributed by atoms with Crippen LogP contribution in [-0.4, -0.2) is 24.5 Å². The number of rotatable bonds is 3. The van der Waals surface area contributed by atoms with Gasteiger partial charge in [0.05, 0.1) is 0 Å². The van der Waals surface area contributed by atoms with Crippen molar-refractivity contribution >= 4 is 0 Å². The summed E-state index contributed by atoms with van der Waals surface area (Å²) in [4.78, 5) is 2.71. The first-order valence-electron chi connectivity index (χ1n) is 9.12. The summed E-state index contributed by atoms with van der Waals surface area (Å²) in [5.74, 6) is 0. The smallest absolute Gasteiger partial charge is 0.00218 e. The molecule has 1 aromatic carbocycles. The quantitative estimate of drug-likeness (QED) is 0.723. The van der Waals surface area contributed by atoms with E-state index in [9.17, 15) is 0 Å². The number of hydrogen-bond donors (Lipinski definition) is 0. The van der Waals surface area contributed by atoms with E-state index in [4.69, 9.17) is 0 Å². The highest BCUT2D eigenvalue weighted by Gasteiger charge is 2.06. The summed E-state index contributed by atoms with van der Waals surface area (Å²) < 4.78 is 0. The molecule has 0 atom stereocenters. The number of benzene rings is 1.